The predicted octanol–water partition coefficient (Wildman–Crippen LogP) is 2.51. The van der Waals surface area contributed by atoms with Crippen LogP contribution < -0.4 is 10.6 Å². The lowest BCUT2D eigenvalue weighted by Gasteiger charge is -2.02. The first-order chi connectivity index (χ1) is 10.0. The lowest BCUT2D eigenvalue weighted by Crippen LogP contribution is -2.28. The van der Waals surface area contributed by atoms with E-state index in [4.69, 9.17) is 4.84 Å². The average Bonchev–Trinajstić information content (AvgIpc) is 2.80. The van der Waals surface area contributed by atoms with E-state index < -0.39 is 0 Å². The van der Waals surface area contributed by atoms with Gasteiger partial charge in [0.15, 0.2) is 5.13 Å². The van der Waals surface area contributed by atoms with Crippen molar-refractivity contribution in [2.75, 3.05) is 19.0 Å². The number of phenolic OH excluding ortho intramolecular Hbond substituents is 1. The smallest absolute Gasteiger partial charge is 0.321 e. The molecule has 2 amide bonds. The first kappa shape index (κ1) is 15.0. The normalized spacial score (nSPS) is 11.5. The van der Waals surface area contributed by atoms with Crippen LogP contribution in [0.15, 0.2) is 17.3 Å². The number of rotatable bonds is 4. The fourth-order valence-electron chi connectivity index (χ4n) is 1.83. The van der Waals surface area contributed by atoms with Crippen molar-refractivity contribution in [3.8, 4) is 5.75 Å². The lowest BCUT2D eigenvalue weighted by atomic mass is 10.1. The van der Waals surface area contributed by atoms with Gasteiger partial charge in [-0.25, -0.2) is 9.78 Å². The number of aromatic nitrogens is 1. The number of anilines is 1. The highest BCUT2D eigenvalue weighted by Crippen LogP contribution is 2.32. The Kier molecular flexibility index (Phi) is 4.59. The molecule has 1 heterocycles. The van der Waals surface area contributed by atoms with Crippen LogP contribution in [0.5, 0.6) is 5.75 Å². The van der Waals surface area contributed by atoms with Gasteiger partial charge >= 0.3 is 6.03 Å². The standard InChI is InChI=1S/C13H16N4O3S/c1-4-14-12(19)16-13-15-10-6-8(18)5-9(11(10)21-13)7(2)17-20-3/h5-6,18H,4H2,1-3H3,(H2,14,15,16,19)/b17-7-. The molecule has 0 bridgehead atoms. The van der Waals surface area contributed by atoms with E-state index in [2.05, 4.69) is 20.8 Å². The molecule has 8 heteroatoms. The molecule has 0 saturated heterocycles. The molecule has 1 aromatic heterocycles. The summed E-state index contributed by atoms with van der Waals surface area (Å²) in [6.07, 6.45) is 0. The molecule has 0 spiro atoms. The minimum Gasteiger partial charge on any atom is -0.508 e. The van der Waals surface area contributed by atoms with Crippen LogP contribution in [0.1, 0.15) is 19.4 Å². The number of oxime groups is 1. The summed E-state index contributed by atoms with van der Waals surface area (Å²) in [7, 11) is 1.46. The Morgan fingerprint density at radius 2 is 2.29 bits per heavy atom. The Hall–Kier alpha value is -2.35. The average molecular weight is 308 g/mol. The summed E-state index contributed by atoms with van der Waals surface area (Å²) in [5, 5.41) is 19.4. The van der Waals surface area contributed by atoms with Crippen LogP contribution in [0.2, 0.25) is 0 Å². The highest BCUT2D eigenvalue weighted by molar-refractivity contribution is 7.22. The monoisotopic (exact) mass is 308 g/mol. The minimum atomic E-state index is -0.315. The van der Waals surface area contributed by atoms with Gasteiger partial charge in [-0.15, -0.1) is 0 Å². The predicted molar refractivity (Wildman–Crippen MR) is 83.2 cm³/mol. The van der Waals surface area contributed by atoms with Crippen molar-refractivity contribution in [1.82, 2.24) is 10.3 Å². The summed E-state index contributed by atoms with van der Waals surface area (Å²) in [5.41, 5.74) is 1.92. The quantitative estimate of drug-likeness (QED) is 0.597. The topological polar surface area (TPSA) is 95.8 Å². The first-order valence-corrected chi connectivity index (χ1v) is 7.13. The second-order valence-electron chi connectivity index (χ2n) is 4.20. The molecular formula is C13H16N4O3S. The second-order valence-corrected chi connectivity index (χ2v) is 5.20. The molecule has 0 aliphatic carbocycles. The molecule has 2 aromatic rings. The Bertz CT molecular complexity index is 696. The number of thiazole rings is 1. The summed E-state index contributed by atoms with van der Waals surface area (Å²) in [6.45, 7) is 4.13. The van der Waals surface area contributed by atoms with Crippen molar-refractivity contribution in [2.45, 2.75) is 13.8 Å². The van der Waals surface area contributed by atoms with E-state index in [1.54, 1.807) is 19.1 Å². The first-order valence-electron chi connectivity index (χ1n) is 6.31. The van der Waals surface area contributed by atoms with Crippen molar-refractivity contribution in [3.05, 3.63) is 17.7 Å². The third-order valence-corrected chi connectivity index (χ3v) is 3.67. The van der Waals surface area contributed by atoms with Crippen LogP contribution in [-0.4, -0.2) is 35.5 Å². The number of carbonyl (C=O) groups is 1. The van der Waals surface area contributed by atoms with Crippen molar-refractivity contribution >= 4 is 38.4 Å². The molecule has 0 unspecified atom stereocenters. The van der Waals surface area contributed by atoms with Gasteiger partial charge in [-0.3, -0.25) is 5.32 Å². The van der Waals surface area contributed by atoms with Gasteiger partial charge < -0.3 is 15.3 Å². The zero-order valence-electron chi connectivity index (χ0n) is 11.9. The molecule has 0 atom stereocenters. The fraction of sp³-hybridized carbons (Fsp3) is 0.308. The Morgan fingerprint density at radius 3 is 2.95 bits per heavy atom. The van der Waals surface area contributed by atoms with Crippen LogP contribution in [0.4, 0.5) is 9.93 Å². The third kappa shape index (κ3) is 3.40. The summed E-state index contributed by atoms with van der Waals surface area (Å²) < 4.78 is 0.817. The highest BCUT2D eigenvalue weighted by atomic mass is 32.1. The highest BCUT2D eigenvalue weighted by Gasteiger charge is 2.14. The number of carbonyl (C=O) groups excluding carboxylic acids is 1. The van der Waals surface area contributed by atoms with E-state index in [0.717, 1.165) is 4.70 Å². The van der Waals surface area contributed by atoms with Crippen LogP contribution in [0.25, 0.3) is 10.2 Å². The number of nitrogens with zero attached hydrogens (tertiary/aromatic N) is 2. The van der Waals surface area contributed by atoms with Crippen molar-refractivity contribution < 1.29 is 14.7 Å². The van der Waals surface area contributed by atoms with E-state index in [1.807, 2.05) is 6.92 Å². The number of amides is 2. The Morgan fingerprint density at radius 1 is 1.52 bits per heavy atom. The van der Waals surface area contributed by atoms with Gasteiger partial charge in [-0.2, -0.15) is 0 Å². The van der Waals surface area contributed by atoms with Crippen molar-refractivity contribution in [3.63, 3.8) is 0 Å². The molecular weight excluding hydrogens is 292 g/mol. The summed E-state index contributed by atoms with van der Waals surface area (Å²) in [6, 6.07) is 2.82. The van der Waals surface area contributed by atoms with Crippen LogP contribution in [0.3, 0.4) is 0 Å². The lowest BCUT2D eigenvalue weighted by molar-refractivity contribution is 0.213. The second kappa shape index (κ2) is 6.40. The largest absolute Gasteiger partial charge is 0.508 e. The molecule has 21 heavy (non-hydrogen) atoms. The van der Waals surface area contributed by atoms with Gasteiger partial charge in [0, 0.05) is 18.2 Å². The van der Waals surface area contributed by atoms with E-state index >= 15 is 0 Å². The number of benzene rings is 1. The summed E-state index contributed by atoms with van der Waals surface area (Å²) >= 11 is 1.31. The number of phenols is 1. The molecule has 3 N–H and O–H groups in total. The van der Waals surface area contributed by atoms with Crippen molar-refractivity contribution in [1.29, 1.82) is 0 Å². The molecule has 0 aliphatic heterocycles. The maximum absolute atomic E-state index is 11.5. The van der Waals surface area contributed by atoms with E-state index in [-0.39, 0.29) is 11.8 Å². The molecule has 7 nitrogen and oxygen atoms in total. The number of urea groups is 1. The number of hydrogen-bond acceptors (Lipinski definition) is 6. The molecule has 0 saturated carbocycles. The van der Waals surface area contributed by atoms with Gasteiger partial charge in [-0.05, 0) is 19.9 Å². The van der Waals surface area contributed by atoms with Gasteiger partial charge in [0.2, 0.25) is 0 Å². The molecule has 112 valence electrons. The van der Waals surface area contributed by atoms with Crippen LogP contribution >= 0.6 is 11.3 Å². The van der Waals surface area contributed by atoms with E-state index in [1.165, 1.54) is 18.4 Å². The molecule has 0 radical (unpaired) electrons. The van der Waals surface area contributed by atoms with Crippen LogP contribution in [-0.2, 0) is 4.84 Å². The molecule has 0 fully saturated rings. The zero-order valence-corrected chi connectivity index (χ0v) is 12.7. The molecule has 0 aliphatic rings. The van der Waals surface area contributed by atoms with E-state index in [9.17, 15) is 9.90 Å². The number of hydrogen-bond donors (Lipinski definition) is 3. The Labute approximate surface area is 125 Å². The number of nitrogens with one attached hydrogen (secondary N) is 2. The third-order valence-electron chi connectivity index (χ3n) is 2.65. The van der Waals surface area contributed by atoms with E-state index in [0.29, 0.717) is 28.5 Å². The number of fused-ring (bicyclic) bond motifs is 1. The number of aromatic hydroxyl groups is 1. The minimum absolute atomic E-state index is 0.0815. The summed E-state index contributed by atoms with van der Waals surface area (Å²) in [5.74, 6) is 0.0815. The maximum Gasteiger partial charge on any atom is 0.321 e. The maximum atomic E-state index is 11.5. The molecule has 2 rings (SSSR count). The van der Waals surface area contributed by atoms with Gasteiger partial charge in [0.05, 0.1) is 15.9 Å². The van der Waals surface area contributed by atoms with Gasteiger partial charge in [-0.1, -0.05) is 16.5 Å². The van der Waals surface area contributed by atoms with Gasteiger partial charge in [0.25, 0.3) is 0 Å². The molecule has 1 aromatic carbocycles. The SMILES string of the molecule is CCNC(=O)Nc1nc2cc(O)cc(/C(C)=N\OC)c2s1. The zero-order chi connectivity index (χ0) is 15.4. The summed E-state index contributed by atoms with van der Waals surface area (Å²) in [4.78, 5) is 20.6. The van der Waals surface area contributed by atoms with Crippen molar-refractivity contribution in [2.24, 2.45) is 5.16 Å². The van der Waals surface area contributed by atoms with Crippen LogP contribution in [0, 0.1) is 0 Å². The fourth-order valence-corrected chi connectivity index (χ4v) is 2.83. The van der Waals surface area contributed by atoms with Gasteiger partial charge in [0.1, 0.15) is 12.9 Å². The Balaban J connectivity index is 2.44.